The molecule has 3 nitrogen and oxygen atoms in total. The third-order valence-electron chi connectivity index (χ3n) is 2.82. The summed E-state index contributed by atoms with van der Waals surface area (Å²) in [6.07, 6.45) is 6.50. The summed E-state index contributed by atoms with van der Waals surface area (Å²) in [5.74, 6) is 0.653. The molecule has 0 atom stereocenters. The quantitative estimate of drug-likeness (QED) is 0.770. The molecule has 0 aliphatic heterocycles. The van der Waals surface area contributed by atoms with Crippen LogP contribution in [-0.4, -0.2) is 15.8 Å². The lowest BCUT2D eigenvalue weighted by atomic mass is 10.1. The van der Waals surface area contributed by atoms with Gasteiger partial charge in [0.05, 0.1) is 6.20 Å². The molecule has 0 amide bonds. The predicted octanol–water partition coefficient (Wildman–Crippen LogP) is 2.82. The lowest BCUT2D eigenvalue weighted by Gasteiger charge is -2.13. The van der Waals surface area contributed by atoms with Crippen molar-refractivity contribution in [3.63, 3.8) is 0 Å². The van der Waals surface area contributed by atoms with Gasteiger partial charge in [-0.25, -0.2) is 0 Å². The van der Waals surface area contributed by atoms with Crippen LogP contribution in [0.25, 0.3) is 0 Å². The van der Waals surface area contributed by atoms with Crippen molar-refractivity contribution in [3.05, 3.63) is 18.0 Å². The summed E-state index contributed by atoms with van der Waals surface area (Å²) in [6.45, 7) is 10.8. The van der Waals surface area contributed by atoms with Crippen LogP contribution in [-0.2, 0) is 13.1 Å². The molecular formula is C13H25N3. The van der Waals surface area contributed by atoms with Gasteiger partial charge in [-0.1, -0.05) is 27.7 Å². The van der Waals surface area contributed by atoms with Crippen LogP contribution < -0.4 is 5.32 Å². The Morgan fingerprint density at radius 3 is 2.56 bits per heavy atom. The van der Waals surface area contributed by atoms with E-state index in [1.54, 1.807) is 0 Å². The van der Waals surface area contributed by atoms with Crippen molar-refractivity contribution < 1.29 is 0 Å². The topological polar surface area (TPSA) is 29.9 Å². The van der Waals surface area contributed by atoms with E-state index in [2.05, 4.69) is 44.3 Å². The van der Waals surface area contributed by atoms with E-state index in [0.717, 1.165) is 13.1 Å². The SMILES string of the molecule is CCC(CC)NCc1cnn(CC(C)C)c1. The Bertz CT molecular complexity index is 287. The van der Waals surface area contributed by atoms with Crippen LogP contribution in [0.1, 0.15) is 46.1 Å². The molecule has 0 saturated heterocycles. The molecule has 1 N–H and O–H groups in total. The number of hydrogen-bond acceptors (Lipinski definition) is 2. The van der Waals surface area contributed by atoms with Gasteiger partial charge >= 0.3 is 0 Å². The van der Waals surface area contributed by atoms with Gasteiger partial charge in [-0.3, -0.25) is 4.68 Å². The molecule has 16 heavy (non-hydrogen) atoms. The van der Waals surface area contributed by atoms with Gasteiger partial charge in [0.1, 0.15) is 0 Å². The predicted molar refractivity (Wildman–Crippen MR) is 68.3 cm³/mol. The van der Waals surface area contributed by atoms with Crippen molar-refractivity contribution >= 4 is 0 Å². The van der Waals surface area contributed by atoms with Gasteiger partial charge in [0, 0.05) is 30.9 Å². The average molecular weight is 223 g/mol. The first kappa shape index (κ1) is 13.2. The van der Waals surface area contributed by atoms with Crippen LogP contribution in [0.2, 0.25) is 0 Å². The highest BCUT2D eigenvalue weighted by atomic mass is 15.3. The molecule has 3 heteroatoms. The molecular weight excluding hydrogens is 198 g/mol. The average Bonchev–Trinajstić information content (AvgIpc) is 2.66. The minimum atomic E-state index is 0.633. The summed E-state index contributed by atoms with van der Waals surface area (Å²) in [7, 11) is 0. The second kappa shape index (κ2) is 6.69. The van der Waals surface area contributed by atoms with E-state index in [4.69, 9.17) is 0 Å². The van der Waals surface area contributed by atoms with E-state index < -0.39 is 0 Å². The normalized spacial score (nSPS) is 11.6. The van der Waals surface area contributed by atoms with Crippen molar-refractivity contribution in [2.45, 2.75) is 59.7 Å². The molecule has 0 spiro atoms. The second-order valence-corrected chi connectivity index (χ2v) is 4.86. The van der Waals surface area contributed by atoms with Crippen LogP contribution in [0.3, 0.4) is 0 Å². The first-order valence-electron chi connectivity index (χ1n) is 6.40. The third-order valence-corrected chi connectivity index (χ3v) is 2.82. The fourth-order valence-corrected chi connectivity index (χ4v) is 1.81. The standard InChI is InChI=1S/C13H25N3/c1-5-13(6-2)14-7-12-8-15-16(10-12)9-11(3)4/h8,10-11,13-14H,5-7,9H2,1-4H3. The molecule has 0 unspecified atom stereocenters. The summed E-state index contributed by atoms with van der Waals surface area (Å²) >= 11 is 0. The van der Waals surface area contributed by atoms with Gasteiger partial charge in [-0.15, -0.1) is 0 Å². The van der Waals surface area contributed by atoms with Crippen LogP contribution in [0.4, 0.5) is 0 Å². The van der Waals surface area contributed by atoms with Crippen LogP contribution in [0.5, 0.6) is 0 Å². The van der Waals surface area contributed by atoms with E-state index >= 15 is 0 Å². The third kappa shape index (κ3) is 4.35. The summed E-state index contributed by atoms with van der Waals surface area (Å²) < 4.78 is 2.04. The van der Waals surface area contributed by atoms with Crippen molar-refractivity contribution in [2.24, 2.45) is 5.92 Å². The van der Waals surface area contributed by atoms with Gasteiger partial charge in [0.25, 0.3) is 0 Å². The molecule has 1 aromatic heterocycles. The zero-order valence-electron chi connectivity index (χ0n) is 11.0. The molecule has 1 heterocycles. The number of hydrogen-bond donors (Lipinski definition) is 1. The zero-order valence-corrected chi connectivity index (χ0v) is 11.0. The van der Waals surface area contributed by atoms with E-state index in [1.165, 1.54) is 18.4 Å². The second-order valence-electron chi connectivity index (χ2n) is 4.86. The molecule has 0 saturated carbocycles. The maximum atomic E-state index is 4.36. The van der Waals surface area contributed by atoms with Gasteiger partial charge < -0.3 is 5.32 Å². The number of rotatable bonds is 7. The van der Waals surface area contributed by atoms with Gasteiger partial charge in [0.15, 0.2) is 0 Å². The highest BCUT2D eigenvalue weighted by Gasteiger charge is 2.04. The van der Waals surface area contributed by atoms with Crippen LogP contribution in [0, 0.1) is 5.92 Å². The number of nitrogens with zero attached hydrogens (tertiary/aromatic N) is 2. The van der Waals surface area contributed by atoms with Crippen molar-refractivity contribution in [2.75, 3.05) is 0 Å². The molecule has 92 valence electrons. The lowest BCUT2D eigenvalue weighted by Crippen LogP contribution is -2.26. The van der Waals surface area contributed by atoms with E-state index in [9.17, 15) is 0 Å². The smallest absolute Gasteiger partial charge is 0.0534 e. The minimum absolute atomic E-state index is 0.633. The molecule has 0 aromatic carbocycles. The molecule has 0 bridgehead atoms. The lowest BCUT2D eigenvalue weighted by molar-refractivity contribution is 0.477. The maximum absolute atomic E-state index is 4.36. The molecule has 0 fully saturated rings. The first-order valence-corrected chi connectivity index (χ1v) is 6.40. The Morgan fingerprint density at radius 2 is 2.00 bits per heavy atom. The molecule has 0 aliphatic rings. The summed E-state index contributed by atoms with van der Waals surface area (Å²) in [5, 5.41) is 7.91. The first-order chi connectivity index (χ1) is 7.65. The van der Waals surface area contributed by atoms with Crippen molar-refractivity contribution in [1.29, 1.82) is 0 Å². The summed E-state index contributed by atoms with van der Waals surface area (Å²) in [4.78, 5) is 0. The fraction of sp³-hybridized carbons (Fsp3) is 0.769. The molecule has 1 rings (SSSR count). The largest absolute Gasteiger partial charge is 0.310 e. The Labute approximate surface area is 99.2 Å². The van der Waals surface area contributed by atoms with Crippen LogP contribution >= 0.6 is 0 Å². The monoisotopic (exact) mass is 223 g/mol. The highest BCUT2D eigenvalue weighted by Crippen LogP contribution is 2.03. The maximum Gasteiger partial charge on any atom is 0.0534 e. The minimum Gasteiger partial charge on any atom is -0.310 e. The van der Waals surface area contributed by atoms with Crippen molar-refractivity contribution in [1.82, 2.24) is 15.1 Å². The Balaban J connectivity index is 2.39. The number of aromatic nitrogens is 2. The van der Waals surface area contributed by atoms with Gasteiger partial charge in [-0.2, -0.15) is 5.10 Å². The molecule has 1 aromatic rings. The summed E-state index contributed by atoms with van der Waals surface area (Å²) in [5.41, 5.74) is 1.28. The number of nitrogens with one attached hydrogen (secondary N) is 1. The molecule has 0 radical (unpaired) electrons. The Morgan fingerprint density at radius 1 is 1.31 bits per heavy atom. The van der Waals surface area contributed by atoms with Gasteiger partial charge in [-0.05, 0) is 18.8 Å². The zero-order chi connectivity index (χ0) is 12.0. The van der Waals surface area contributed by atoms with Gasteiger partial charge in [0.2, 0.25) is 0 Å². The van der Waals surface area contributed by atoms with E-state index in [-0.39, 0.29) is 0 Å². The van der Waals surface area contributed by atoms with E-state index in [0.29, 0.717) is 12.0 Å². The Hall–Kier alpha value is -0.830. The molecule has 0 aliphatic carbocycles. The highest BCUT2D eigenvalue weighted by molar-refractivity contribution is 5.03. The Kier molecular flexibility index (Phi) is 5.53. The van der Waals surface area contributed by atoms with E-state index in [1.807, 2.05) is 10.9 Å². The van der Waals surface area contributed by atoms with Crippen molar-refractivity contribution in [3.8, 4) is 0 Å². The fourth-order valence-electron chi connectivity index (χ4n) is 1.81. The van der Waals surface area contributed by atoms with Crippen LogP contribution in [0.15, 0.2) is 12.4 Å². The summed E-state index contributed by atoms with van der Waals surface area (Å²) in [6, 6.07) is 0.633.